The molecule has 0 aliphatic carbocycles. The minimum Gasteiger partial charge on any atom is -0.461 e. The fourth-order valence-electron chi connectivity index (χ4n) is 3.56. The smallest absolute Gasteiger partial charge is 0.323 e. The highest BCUT2D eigenvalue weighted by molar-refractivity contribution is 5.78. The number of esters is 1. The third kappa shape index (κ3) is 2.39. The molecule has 116 valence electrons. The average Bonchev–Trinajstić information content (AvgIpc) is 3.10. The molecule has 5 heteroatoms. The van der Waals surface area contributed by atoms with Gasteiger partial charge < -0.3 is 9.15 Å². The van der Waals surface area contributed by atoms with Gasteiger partial charge in [0.2, 0.25) is 0 Å². The predicted octanol–water partition coefficient (Wildman–Crippen LogP) is 2.71. The van der Waals surface area contributed by atoms with E-state index in [2.05, 4.69) is 9.88 Å². The maximum absolute atomic E-state index is 11.9. The van der Waals surface area contributed by atoms with E-state index < -0.39 is 0 Å². The second kappa shape index (κ2) is 5.39. The summed E-state index contributed by atoms with van der Waals surface area (Å²) in [5.74, 6) is 1.12. The second-order valence-corrected chi connectivity index (χ2v) is 6.33. The van der Waals surface area contributed by atoms with Crippen molar-refractivity contribution in [3.63, 3.8) is 0 Å². The highest BCUT2D eigenvalue weighted by atomic mass is 16.6. The molecule has 2 fully saturated rings. The topological polar surface area (TPSA) is 55.6 Å². The van der Waals surface area contributed by atoms with Crippen LogP contribution in [-0.4, -0.2) is 41.1 Å². The van der Waals surface area contributed by atoms with Gasteiger partial charge in [-0.05, 0) is 45.0 Å². The van der Waals surface area contributed by atoms with E-state index in [9.17, 15) is 4.79 Å². The fourth-order valence-corrected chi connectivity index (χ4v) is 3.56. The largest absolute Gasteiger partial charge is 0.461 e. The summed E-state index contributed by atoms with van der Waals surface area (Å²) in [5, 5.41) is 0. The zero-order valence-electron chi connectivity index (χ0n) is 12.7. The number of nitrogens with zero attached hydrogens (tertiary/aromatic N) is 2. The number of piperidine rings is 1. The molecule has 0 bridgehead atoms. The number of likely N-dealkylation sites (tertiary alicyclic amines) is 1. The average molecular weight is 300 g/mol. The molecule has 0 N–H and O–H groups in total. The van der Waals surface area contributed by atoms with E-state index in [-0.39, 0.29) is 18.1 Å². The lowest BCUT2D eigenvalue weighted by molar-refractivity contribution is -0.145. The molecule has 1 aromatic carbocycles. The van der Waals surface area contributed by atoms with Crippen LogP contribution in [0.15, 0.2) is 28.7 Å². The van der Waals surface area contributed by atoms with Crippen LogP contribution in [0, 0.1) is 0 Å². The predicted molar refractivity (Wildman–Crippen MR) is 81.5 cm³/mol. The Morgan fingerprint density at radius 1 is 1.23 bits per heavy atom. The lowest BCUT2D eigenvalue weighted by Crippen LogP contribution is -2.43. The molecule has 0 saturated carbocycles. The third-order valence-corrected chi connectivity index (χ3v) is 4.77. The van der Waals surface area contributed by atoms with Gasteiger partial charge in [0.25, 0.3) is 0 Å². The van der Waals surface area contributed by atoms with Gasteiger partial charge >= 0.3 is 5.97 Å². The molecule has 3 heterocycles. The van der Waals surface area contributed by atoms with Crippen molar-refractivity contribution >= 4 is 17.1 Å². The summed E-state index contributed by atoms with van der Waals surface area (Å²) < 4.78 is 11.2. The highest BCUT2D eigenvalue weighted by Crippen LogP contribution is 2.32. The molecule has 2 aliphatic rings. The number of aromatic nitrogens is 1. The molecule has 2 aliphatic heterocycles. The molecule has 4 rings (SSSR count). The molecular formula is C17H20N2O3. The minimum absolute atomic E-state index is 0.0484. The second-order valence-electron chi connectivity index (χ2n) is 6.33. The Labute approximate surface area is 129 Å². The Hall–Kier alpha value is -1.88. The Bertz CT molecular complexity index is 655. The molecular weight excluding hydrogens is 280 g/mol. The number of benzene rings is 1. The Morgan fingerprint density at radius 2 is 2.00 bits per heavy atom. The van der Waals surface area contributed by atoms with Crippen LogP contribution in [-0.2, 0) is 9.53 Å². The number of cyclic esters (lactones) is 1. The number of ether oxygens (including phenoxy) is 1. The standard InChI is InChI=1S/C17H20N2O3/c1-11-10-14(17(20)21-11)19-8-6-12(7-9-19)16-18-13-4-2-3-5-15(13)22-16/h2-5,11-12,14H,6-10H2,1H3/t11-,14+/m0/s1. The van der Waals surface area contributed by atoms with Gasteiger partial charge in [-0.1, -0.05) is 12.1 Å². The number of hydrogen-bond donors (Lipinski definition) is 0. The lowest BCUT2D eigenvalue weighted by Gasteiger charge is -2.33. The molecule has 22 heavy (non-hydrogen) atoms. The van der Waals surface area contributed by atoms with E-state index in [0.29, 0.717) is 5.92 Å². The number of oxazole rings is 1. The zero-order chi connectivity index (χ0) is 15.1. The first kappa shape index (κ1) is 13.8. The number of para-hydroxylation sites is 2. The van der Waals surface area contributed by atoms with Crippen molar-refractivity contribution in [2.24, 2.45) is 0 Å². The van der Waals surface area contributed by atoms with Gasteiger partial charge in [0, 0.05) is 12.3 Å². The van der Waals surface area contributed by atoms with Crippen LogP contribution in [0.25, 0.3) is 11.1 Å². The summed E-state index contributed by atoms with van der Waals surface area (Å²) in [6.45, 7) is 3.76. The van der Waals surface area contributed by atoms with Crippen LogP contribution in [0.5, 0.6) is 0 Å². The van der Waals surface area contributed by atoms with Gasteiger partial charge in [-0.3, -0.25) is 9.69 Å². The highest BCUT2D eigenvalue weighted by Gasteiger charge is 2.38. The van der Waals surface area contributed by atoms with Gasteiger partial charge in [0.15, 0.2) is 11.5 Å². The van der Waals surface area contributed by atoms with Crippen molar-refractivity contribution in [1.82, 2.24) is 9.88 Å². The molecule has 0 unspecified atom stereocenters. The van der Waals surface area contributed by atoms with Crippen molar-refractivity contribution < 1.29 is 13.9 Å². The first-order valence-electron chi connectivity index (χ1n) is 8.01. The molecule has 5 nitrogen and oxygen atoms in total. The summed E-state index contributed by atoms with van der Waals surface area (Å²) in [7, 11) is 0. The lowest BCUT2D eigenvalue weighted by atomic mass is 9.95. The van der Waals surface area contributed by atoms with Crippen LogP contribution in [0.4, 0.5) is 0 Å². The van der Waals surface area contributed by atoms with Crippen LogP contribution in [0.1, 0.15) is 38.0 Å². The molecule has 2 atom stereocenters. The van der Waals surface area contributed by atoms with Crippen molar-refractivity contribution in [3.05, 3.63) is 30.2 Å². The number of carbonyl (C=O) groups is 1. The Morgan fingerprint density at radius 3 is 2.68 bits per heavy atom. The molecule has 0 amide bonds. The van der Waals surface area contributed by atoms with Crippen molar-refractivity contribution in [2.45, 2.75) is 44.2 Å². The van der Waals surface area contributed by atoms with Gasteiger partial charge in [-0.2, -0.15) is 0 Å². The van der Waals surface area contributed by atoms with Crippen LogP contribution in [0.2, 0.25) is 0 Å². The first-order valence-corrected chi connectivity index (χ1v) is 8.01. The van der Waals surface area contributed by atoms with E-state index in [4.69, 9.17) is 9.15 Å². The minimum atomic E-state index is -0.0622. The van der Waals surface area contributed by atoms with Crippen molar-refractivity contribution in [3.8, 4) is 0 Å². The van der Waals surface area contributed by atoms with E-state index in [0.717, 1.165) is 49.3 Å². The number of hydrogen-bond acceptors (Lipinski definition) is 5. The summed E-state index contributed by atoms with van der Waals surface area (Å²) in [6.07, 6.45) is 2.81. The molecule has 1 aromatic heterocycles. The quantitative estimate of drug-likeness (QED) is 0.798. The number of fused-ring (bicyclic) bond motifs is 1. The van der Waals surface area contributed by atoms with Gasteiger partial charge in [-0.15, -0.1) is 0 Å². The molecule has 2 aromatic rings. The van der Waals surface area contributed by atoms with E-state index in [1.54, 1.807) is 0 Å². The normalized spacial score (nSPS) is 27.4. The Balaban J connectivity index is 1.44. The van der Waals surface area contributed by atoms with Crippen LogP contribution < -0.4 is 0 Å². The number of carbonyl (C=O) groups excluding carboxylic acids is 1. The Kier molecular flexibility index (Phi) is 3.37. The van der Waals surface area contributed by atoms with Gasteiger partial charge in [0.1, 0.15) is 17.7 Å². The third-order valence-electron chi connectivity index (χ3n) is 4.77. The van der Waals surface area contributed by atoms with E-state index in [1.807, 2.05) is 31.2 Å². The summed E-state index contributed by atoms with van der Waals surface area (Å²) in [4.78, 5) is 18.7. The first-order chi connectivity index (χ1) is 10.7. The summed E-state index contributed by atoms with van der Waals surface area (Å²) >= 11 is 0. The van der Waals surface area contributed by atoms with E-state index >= 15 is 0 Å². The van der Waals surface area contributed by atoms with E-state index in [1.165, 1.54) is 0 Å². The van der Waals surface area contributed by atoms with Crippen LogP contribution >= 0.6 is 0 Å². The SMILES string of the molecule is C[C@H]1C[C@@H](N2CCC(c3nc4ccccc4o3)CC2)C(=O)O1. The van der Waals surface area contributed by atoms with Crippen molar-refractivity contribution in [1.29, 1.82) is 0 Å². The molecule has 2 saturated heterocycles. The van der Waals surface area contributed by atoms with Gasteiger partial charge in [-0.25, -0.2) is 4.98 Å². The zero-order valence-corrected chi connectivity index (χ0v) is 12.7. The maximum Gasteiger partial charge on any atom is 0.323 e. The van der Waals surface area contributed by atoms with Crippen LogP contribution in [0.3, 0.4) is 0 Å². The summed E-state index contributed by atoms with van der Waals surface area (Å²) in [6, 6.07) is 7.82. The number of rotatable bonds is 2. The molecule has 0 spiro atoms. The van der Waals surface area contributed by atoms with Gasteiger partial charge in [0.05, 0.1) is 0 Å². The van der Waals surface area contributed by atoms with Crippen molar-refractivity contribution in [2.75, 3.05) is 13.1 Å². The monoisotopic (exact) mass is 300 g/mol. The fraction of sp³-hybridized carbons (Fsp3) is 0.529. The maximum atomic E-state index is 11.9. The summed E-state index contributed by atoms with van der Waals surface area (Å²) in [5.41, 5.74) is 1.78. The molecule has 0 radical (unpaired) electrons.